The molecule has 0 bridgehead atoms. The monoisotopic (exact) mass is 278 g/mol. The van der Waals surface area contributed by atoms with Gasteiger partial charge < -0.3 is 19.2 Å². The summed E-state index contributed by atoms with van der Waals surface area (Å²) in [6.07, 6.45) is -0.210. The van der Waals surface area contributed by atoms with Gasteiger partial charge in [0, 0.05) is 0 Å². The molecule has 1 aromatic rings. The zero-order chi connectivity index (χ0) is 15.0. The molecule has 1 heterocycles. The standard InChI is InChI=1S/C15H23BO4/c1-11(10-17)18-13-8-6-12(7-9-13)16-19-14(2,3)15(4,5)20-16/h6-9,11,17H,10H2,1-5H3. The van der Waals surface area contributed by atoms with Gasteiger partial charge in [0.1, 0.15) is 11.9 Å². The molecule has 1 unspecified atom stereocenters. The van der Waals surface area contributed by atoms with Gasteiger partial charge in [-0.3, -0.25) is 0 Å². The molecule has 0 radical (unpaired) electrons. The second-order valence-corrected chi connectivity index (χ2v) is 6.27. The van der Waals surface area contributed by atoms with Crippen molar-refractivity contribution in [1.82, 2.24) is 0 Å². The van der Waals surface area contributed by atoms with Crippen LogP contribution in [-0.2, 0) is 9.31 Å². The topological polar surface area (TPSA) is 47.9 Å². The summed E-state index contributed by atoms with van der Waals surface area (Å²) in [6.45, 7) is 9.96. The third kappa shape index (κ3) is 3.00. The maximum atomic E-state index is 8.97. The lowest BCUT2D eigenvalue weighted by Gasteiger charge is -2.32. The molecule has 5 heteroatoms. The zero-order valence-corrected chi connectivity index (χ0v) is 12.8. The van der Waals surface area contributed by atoms with E-state index in [-0.39, 0.29) is 31.0 Å². The van der Waals surface area contributed by atoms with Gasteiger partial charge in [0.15, 0.2) is 0 Å². The molecule has 1 atom stereocenters. The van der Waals surface area contributed by atoms with Crippen LogP contribution in [-0.4, -0.2) is 36.1 Å². The van der Waals surface area contributed by atoms with E-state index in [0.717, 1.165) is 11.2 Å². The van der Waals surface area contributed by atoms with Crippen molar-refractivity contribution in [3.63, 3.8) is 0 Å². The van der Waals surface area contributed by atoms with Crippen LogP contribution in [0.25, 0.3) is 0 Å². The van der Waals surface area contributed by atoms with Gasteiger partial charge in [0.25, 0.3) is 0 Å². The third-order valence-corrected chi connectivity index (χ3v) is 4.00. The van der Waals surface area contributed by atoms with Crippen LogP contribution in [0.2, 0.25) is 0 Å². The van der Waals surface area contributed by atoms with Gasteiger partial charge in [-0.05, 0) is 52.2 Å². The SMILES string of the molecule is CC(CO)Oc1ccc(B2OC(C)(C)C(C)(C)O2)cc1. The van der Waals surface area contributed by atoms with E-state index in [1.165, 1.54) is 0 Å². The molecular weight excluding hydrogens is 255 g/mol. The highest BCUT2D eigenvalue weighted by molar-refractivity contribution is 6.62. The van der Waals surface area contributed by atoms with E-state index in [0.29, 0.717) is 0 Å². The molecule has 0 spiro atoms. The Balaban J connectivity index is 2.08. The molecule has 0 aromatic heterocycles. The molecule has 1 aliphatic heterocycles. The molecule has 1 N–H and O–H groups in total. The highest BCUT2D eigenvalue weighted by atomic mass is 16.7. The first-order valence-corrected chi connectivity index (χ1v) is 6.98. The first-order valence-electron chi connectivity index (χ1n) is 6.98. The van der Waals surface area contributed by atoms with Crippen LogP contribution >= 0.6 is 0 Å². The summed E-state index contributed by atoms with van der Waals surface area (Å²) in [7, 11) is -0.357. The predicted octanol–water partition coefficient (Wildman–Crippen LogP) is 1.75. The Morgan fingerprint density at radius 3 is 2.05 bits per heavy atom. The minimum atomic E-state index is -0.357. The van der Waals surface area contributed by atoms with E-state index in [1.807, 2.05) is 58.9 Å². The Labute approximate surface area is 121 Å². The van der Waals surface area contributed by atoms with Crippen LogP contribution in [0, 0.1) is 0 Å². The minimum absolute atomic E-state index is 0.00101. The maximum absolute atomic E-state index is 8.97. The average molecular weight is 278 g/mol. The summed E-state index contributed by atoms with van der Waals surface area (Å²) in [6, 6.07) is 7.60. The van der Waals surface area contributed by atoms with Gasteiger partial charge in [0.05, 0.1) is 17.8 Å². The Morgan fingerprint density at radius 1 is 1.10 bits per heavy atom. The molecule has 0 saturated carbocycles. The van der Waals surface area contributed by atoms with Crippen LogP contribution in [0.4, 0.5) is 0 Å². The summed E-state index contributed by atoms with van der Waals surface area (Å²) in [4.78, 5) is 0. The van der Waals surface area contributed by atoms with Gasteiger partial charge in [-0.1, -0.05) is 12.1 Å². The number of hydrogen-bond acceptors (Lipinski definition) is 4. The van der Waals surface area contributed by atoms with Crippen LogP contribution in [0.15, 0.2) is 24.3 Å². The first-order chi connectivity index (χ1) is 9.25. The van der Waals surface area contributed by atoms with Crippen molar-refractivity contribution in [3.05, 3.63) is 24.3 Å². The number of aliphatic hydroxyl groups is 1. The quantitative estimate of drug-likeness (QED) is 0.852. The molecule has 0 aliphatic carbocycles. The van der Waals surface area contributed by atoms with Crippen molar-refractivity contribution in [2.45, 2.75) is 51.9 Å². The van der Waals surface area contributed by atoms with E-state index in [1.54, 1.807) is 0 Å². The van der Waals surface area contributed by atoms with Crippen LogP contribution in [0.5, 0.6) is 5.75 Å². The van der Waals surface area contributed by atoms with Gasteiger partial charge in [-0.25, -0.2) is 0 Å². The van der Waals surface area contributed by atoms with Crippen LogP contribution in [0.1, 0.15) is 34.6 Å². The Kier molecular flexibility index (Phi) is 4.14. The Hall–Kier alpha value is -1.04. The third-order valence-electron chi connectivity index (χ3n) is 4.00. The van der Waals surface area contributed by atoms with Gasteiger partial charge in [0.2, 0.25) is 0 Å². The Bertz CT molecular complexity index is 439. The van der Waals surface area contributed by atoms with E-state index in [9.17, 15) is 0 Å². The van der Waals surface area contributed by atoms with E-state index < -0.39 is 0 Å². The number of rotatable bonds is 4. The van der Waals surface area contributed by atoms with E-state index >= 15 is 0 Å². The number of hydrogen-bond donors (Lipinski definition) is 1. The highest BCUT2D eigenvalue weighted by Crippen LogP contribution is 2.36. The lowest BCUT2D eigenvalue weighted by molar-refractivity contribution is 0.00578. The zero-order valence-electron chi connectivity index (χ0n) is 12.8. The second kappa shape index (κ2) is 5.39. The summed E-state index contributed by atoms with van der Waals surface area (Å²) in [5, 5.41) is 8.97. The molecule has 2 rings (SSSR count). The number of ether oxygens (including phenoxy) is 1. The van der Waals surface area contributed by atoms with Crippen LogP contribution < -0.4 is 10.2 Å². The fourth-order valence-corrected chi connectivity index (χ4v) is 1.95. The predicted molar refractivity (Wildman–Crippen MR) is 79.3 cm³/mol. The molecule has 1 fully saturated rings. The Morgan fingerprint density at radius 2 is 1.60 bits per heavy atom. The summed E-state index contributed by atoms with van der Waals surface area (Å²) >= 11 is 0. The van der Waals surface area contributed by atoms with Crippen molar-refractivity contribution in [2.24, 2.45) is 0 Å². The lowest BCUT2D eigenvalue weighted by atomic mass is 9.79. The molecule has 4 nitrogen and oxygen atoms in total. The number of aliphatic hydroxyl groups excluding tert-OH is 1. The summed E-state index contributed by atoms with van der Waals surface area (Å²) in [5.41, 5.74) is 0.295. The number of benzene rings is 1. The highest BCUT2D eigenvalue weighted by Gasteiger charge is 2.51. The van der Waals surface area contributed by atoms with Crippen molar-refractivity contribution in [1.29, 1.82) is 0 Å². The van der Waals surface area contributed by atoms with Crippen molar-refractivity contribution < 1.29 is 19.2 Å². The van der Waals surface area contributed by atoms with Gasteiger partial charge in [-0.2, -0.15) is 0 Å². The minimum Gasteiger partial charge on any atom is -0.488 e. The lowest BCUT2D eigenvalue weighted by Crippen LogP contribution is -2.41. The molecule has 20 heavy (non-hydrogen) atoms. The van der Waals surface area contributed by atoms with E-state index in [4.69, 9.17) is 19.2 Å². The largest absolute Gasteiger partial charge is 0.494 e. The molecular formula is C15H23BO4. The molecule has 110 valence electrons. The van der Waals surface area contributed by atoms with Crippen LogP contribution in [0.3, 0.4) is 0 Å². The second-order valence-electron chi connectivity index (χ2n) is 6.27. The van der Waals surface area contributed by atoms with Crippen molar-refractivity contribution in [3.8, 4) is 5.75 Å². The molecule has 0 amide bonds. The molecule has 1 saturated heterocycles. The fourth-order valence-electron chi connectivity index (χ4n) is 1.95. The molecule has 1 aliphatic rings. The maximum Gasteiger partial charge on any atom is 0.494 e. The van der Waals surface area contributed by atoms with Crippen molar-refractivity contribution >= 4 is 12.6 Å². The average Bonchev–Trinajstić information content (AvgIpc) is 2.59. The van der Waals surface area contributed by atoms with Crippen molar-refractivity contribution in [2.75, 3.05) is 6.61 Å². The van der Waals surface area contributed by atoms with Gasteiger partial charge in [-0.15, -0.1) is 0 Å². The van der Waals surface area contributed by atoms with Gasteiger partial charge >= 0.3 is 7.12 Å². The summed E-state index contributed by atoms with van der Waals surface area (Å²) in [5.74, 6) is 0.729. The smallest absolute Gasteiger partial charge is 0.488 e. The summed E-state index contributed by atoms with van der Waals surface area (Å²) < 4.78 is 17.5. The van der Waals surface area contributed by atoms with E-state index in [2.05, 4.69) is 0 Å². The normalized spacial score (nSPS) is 21.8. The first kappa shape index (κ1) is 15.4. The fraction of sp³-hybridized carbons (Fsp3) is 0.600. The molecule has 1 aromatic carbocycles.